The van der Waals surface area contributed by atoms with E-state index in [0.29, 0.717) is 17.4 Å². The third-order valence-electron chi connectivity index (χ3n) is 5.09. The first kappa shape index (κ1) is 22.8. The van der Waals surface area contributed by atoms with E-state index in [1.807, 2.05) is 12.3 Å². The lowest BCUT2D eigenvalue weighted by atomic mass is 9.68. The Hall–Kier alpha value is -1.46. The highest BCUT2D eigenvalue weighted by Crippen LogP contribution is 2.44. The number of nitrogens with zero attached hydrogens (tertiary/aromatic N) is 1. The zero-order chi connectivity index (χ0) is 21.1. The Kier molecular flexibility index (Phi) is 7.63. The first-order chi connectivity index (χ1) is 13.0. The van der Waals surface area contributed by atoms with E-state index in [1.165, 1.54) is 0 Å². The molecule has 0 saturated heterocycles. The molecule has 0 fully saturated rings. The molecule has 1 N–H and O–H groups in total. The summed E-state index contributed by atoms with van der Waals surface area (Å²) < 4.78 is 0. The van der Waals surface area contributed by atoms with Gasteiger partial charge in [0.2, 0.25) is 5.91 Å². The number of amides is 1. The van der Waals surface area contributed by atoms with Crippen LogP contribution in [0.4, 0.5) is 0 Å². The van der Waals surface area contributed by atoms with Crippen molar-refractivity contribution in [3.8, 4) is 0 Å². The second kappa shape index (κ2) is 9.36. The second-order valence-electron chi connectivity index (χ2n) is 8.33. The third-order valence-corrected chi connectivity index (χ3v) is 7.01. The van der Waals surface area contributed by atoms with Crippen LogP contribution in [-0.2, 0) is 15.0 Å². The van der Waals surface area contributed by atoms with E-state index in [2.05, 4.69) is 46.8 Å². The van der Waals surface area contributed by atoms with Gasteiger partial charge in [-0.05, 0) is 35.1 Å². The molecule has 0 unspecified atom stereocenters. The number of allylic oxidation sites excluding steroid dienone is 1. The number of hydrogen-bond acceptors (Lipinski definition) is 3. The number of thioether (sulfide) groups is 1. The van der Waals surface area contributed by atoms with E-state index in [9.17, 15) is 9.59 Å². The molecule has 154 valence electrons. The second-order valence-corrected chi connectivity index (χ2v) is 9.80. The lowest BCUT2D eigenvalue weighted by Crippen LogP contribution is -2.42. The minimum absolute atomic E-state index is 0.0532. The maximum atomic E-state index is 12.7. The summed E-state index contributed by atoms with van der Waals surface area (Å²) in [6.07, 6.45) is 2.11. The third kappa shape index (κ3) is 5.32. The zero-order valence-electron chi connectivity index (χ0n) is 17.3. The van der Waals surface area contributed by atoms with Gasteiger partial charge in [0.1, 0.15) is 0 Å². The summed E-state index contributed by atoms with van der Waals surface area (Å²) >= 11 is 8.32. The summed E-state index contributed by atoms with van der Waals surface area (Å²) in [5.74, 6) is 0.856. The van der Waals surface area contributed by atoms with Crippen LogP contribution in [0.5, 0.6) is 0 Å². The van der Waals surface area contributed by atoms with E-state index in [-0.39, 0.29) is 24.8 Å². The number of carbonyl (C=O) groups is 2. The summed E-state index contributed by atoms with van der Waals surface area (Å²) in [5.41, 5.74) is 1.70. The molecule has 1 aromatic rings. The van der Waals surface area contributed by atoms with Gasteiger partial charge in [-0.15, -0.1) is 11.8 Å². The standard InChI is InChI=1S/C22H30ClNO3S/c1-14(2)13-28-19-7-6-16(10-18(19)23)22(5)11-20(25)24(9-8-21(26)27)12-17(22)15(3)4/h6-7,10,12,14-15H,8-9,11,13H2,1-5H3,(H,26,27)/t22-/m0/s1. The highest BCUT2D eigenvalue weighted by atomic mass is 35.5. The Morgan fingerprint density at radius 3 is 2.54 bits per heavy atom. The van der Waals surface area contributed by atoms with Crippen molar-refractivity contribution < 1.29 is 14.7 Å². The van der Waals surface area contributed by atoms with Crippen LogP contribution in [0.15, 0.2) is 34.9 Å². The molecule has 2 rings (SSSR count). The molecule has 6 heteroatoms. The molecule has 0 saturated carbocycles. The van der Waals surface area contributed by atoms with Crippen molar-refractivity contribution in [2.75, 3.05) is 12.3 Å². The molecule has 1 aromatic carbocycles. The minimum atomic E-state index is -0.901. The zero-order valence-corrected chi connectivity index (χ0v) is 18.9. The predicted molar refractivity (Wildman–Crippen MR) is 116 cm³/mol. The molecule has 0 radical (unpaired) electrons. The van der Waals surface area contributed by atoms with Crippen molar-refractivity contribution >= 4 is 35.2 Å². The van der Waals surface area contributed by atoms with Gasteiger partial charge in [-0.1, -0.05) is 52.3 Å². The van der Waals surface area contributed by atoms with Gasteiger partial charge < -0.3 is 10.0 Å². The summed E-state index contributed by atoms with van der Waals surface area (Å²) in [4.78, 5) is 26.3. The number of hydrogen-bond donors (Lipinski definition) is 1. The van der Waals surface area contributed by atoms with E-state index in [1.54, 1.807) is 16.7 Å². The SMILES string of the molecule is CC(C)CSc1ccc([C@]2(C)CC(=O)N(CCC(=O)O)C=C2C(C)C)cc1Cl. The fourth-order valence-electron chi connectivity index (χ4n) is 3.57. The van der Waals surface area contributed by atoms with Crippen LogP contribution in [-0.4, -0.2) is 34.2 Å². The van der Waals surface area contributed by atoms with Crippen LogP contribution in [0.2, 0.25) is 5.02 Å². The van der Waals surface area contributed by atoms with Crippen molar-refractivity contribution in [3.63, 3.8) is 0 Å². The van der Waals surface area contributed by atoms with Crippen molar-refractivity contribution in [2.45, 2.75) is 57.8 Å². The molecule has 0 spiro atoms. The molecule has 0 aromatic heterocycles. The average Bonchev–Trinajstić information content (AvgIpc) is 2.59. The molecular weight excluding hydrogens is 394 g/mol. The smallest absolute Gasteiger partial charge is 0.305 e. The number of benzene rings is 1. The van der Waals surface area contributed by atoms with Gasteiger partial charge in [-0.3, -0.25) is 9.59 Å². The lowest BCUT2D eigenvalue weighted by Gasteiger charge is -2.41. The van der Waals surface area contributed by atoms with Crippen LogP contribution in [0.1, 0.15) is 53.0 Å². The van der Waals surface area contributed by atoms with Gasteiger partial charge in [0.15, 0.2) is 0 Å². The first-order valence-corrected chi connectivity index (χ1v) is 11.1. The number of carboxylic acids is 1. The van der Waals surface area contributed by atoms with E-state index in [0.717, 1.165) is 21.8 Å². The number of carboxylic acid groups (broad SMARTS) is 1. The predicted octanol–water partition coefficient (Wildman–Crippen LogP) is 5.59. The van der Waals surface area contributed by atoms with Crippen LogP contribution in [0.3, 0.4) is 0 Å². The van der Waals surface area contributed by atoms with Crippen LogP contribution in [0, 0.1) is 11.8 Å². The van der Waals surface area contributed by atoms with Crippen molar-refractivity contribution in [3.05, 3.63) is 40.6 Å². The first-order valence-electron chi connectivity index (χ1n) is 9.71. The van der Waals surface area contributed by atoms with Crippen molar-refractivity contribution in [1.82, 2.24) is 4.90 Å². The molecule has 1 amide bonds. The number of aliphatic carboxylic acids is 1. The van der Waals surface area contributed by atoms with E-state index < -0.39 is 11.4 Å². The van der Waals surface area contributed by atoms with Crippen molar-refractivity contribution in [2.24, 2.45) is 11.8 Å². The number of rotatable bonds is 8. The Bertz CT molecular complexity index is 775. The summed E-state index contributed by atoms with van der Waals surface area (Å²) in [6.45, 7) is 10.8. The monoisotopic (exact) mass is 423 g/mol. The average molecular weight is 424 g/mol. The highest BCUT2D eigenvalue weighted by molar-refractivity contribution is 7.99. The minimum Gasteiger partial charge on any atom is -0.481 e. The van der Waals surface area contributed by atoms with Gasteiger partial charge in [0, 0.05) is 35.2 Å². The highest BCUT2D eigenvalue weighted by Gasteiger charge is 2.40. The molecule has 1 aliphatic rings. The molecule has 28 heavy (non-hydrogen) atoms. The molecule has 4 nitrogen and oxygen atoms in total. The molecular formula is C22H30ClNO3S. The summed E-state index contributed by atoms with van der Waals surface area (Å²) in [5, 5.41) is 9.66. The van der Waals surface area contributed by atoms with Gasteiger partial charge in [0.05, 0.1) is 11.4 Å². The Morgan fingerprint density at radius 2 is 2.00 bits per heavy atom. The van der Waals surface area contributed by atoms with Gasteiger partial charge in [0.25, 0.3) is 0 Å². The maximum Gasteiger partial charge on any atom is 0.305 e. The largest absolute Gasteiger partial charge is 0.481 e. The van der Waals surface area contributed by atoms with Crippen molar-refractivity contribution in [1.29, 1.82) is 0 Å². The fraction of sp³-hybridized carbons (Fsp3) is 0.545. The molecule has 0 aliphatic carbocycles. The van der Waals surface area contributed by atoms with Gasteiger partial charge >= 0.3 is 5.97 Å². The van der Waals surface area contributed by atoms with E-state index in [4.69, 9.17) is 16.7 Å². The number of carbonyl (C=O) groups excluding carboxylic acids is 1. The normalized spacial score (nSPS) is 20.1. The van der Waals surface area contributed by atoms with Gasteiger partial charge in [-0.25, -0.2) is 0 Å². The fourth-order valence-corrected chi connectivity index (χ4v) is 4.78. The quantitative estimate of drug-likeness (QED) is 0.553. The van der Waals surface area contributed by atoms with E-state index >= 15 is 0 Å². The van der Waals surface area contributed by atoms with Crippen LogP contribution < -0.4 is 0 Å². The topological polar surface area (TPSA) is 57.6 Å². The lowest BCUT2D eigenvalue weighted by molar-refractivity contribution is -0.138. The van der Waals surface area contributed by atoms with Crippen LogP contribution in [0.25, 0.3) is 0 Å². The van der Waals surface area contributed by atoms with Crippen LogP contribution >= 0.6 is 23.4 Å². The Morgan fingerprint density at radius 1 is 1.32 bits per heavy atom. The van der Waals surface area contributed by atoms with Gasteiger partial charge in [-0.2, -0.15) is 0 Å². The molecule has 1 atom stereocenters. The summed E-state index contributed by atoms with van der Waals surface area (Å²) in [6, 6.07) is 6.11. The molecule has 1 heterocycles. The molecule has 0 bridgehead atoms. The summed E-state index contributed by atoms with van der Waals surface area (Å²) in [7, 11) is 0. The Balaban J connectivity index is 2.36. The maximum absolute atomic E-state index is 12.7. The molecule has 1 aliphatic heterocycles. The Labute approximate surface area is 177 Å². The number of halogens is 1.